The van der Waals surface area contributed by atoms with Crippen molar-refractivity contribution in [3.8, 4) is 0 Å². The fourth-order valence-corrected chi connectivity index (χ4v) is 3.21. The maximum absolute atomic E-state index is 12.2. The molecule has 0 heterocycles. The fraction of sp³-hybridized carbons (Fsp3) is 0.929. The number of hydrogen-bond acceptors (Lipinski definition) is 2. The molecular formula is C14H26BrNO2. The van der Waals surface area contributed by atoms with E-state index >= 15 is 0 Å². The molecule has 0 spiro atoms. The van der Waals surface area contributed by atoms with Gasteiger partial charge in [0.2, 0.25) is 5.91 Å². The maximum atomic E-state index is 12.2. The van der Waals surface area contributed by atoms with Crippen molar-refractivity contribution in [2.75, 3.05) is 20.3 Å². The number of ether oxygens (including phenoxy) is 1. The van der Waals surface area contributed by atoms with E-state index in [0.717, 1.165) is 25.8 Å². The van der Waals surface area contributed by atoms with Gasteiger partial charge in [-0.25, -0.2) is 0 Å². The molecule has 1 N–H and O–H groups in total. The van der Waals surface area contributed by atoms with Crippen LogP contribution < -0.4 is 5.32 Å². The van der Waals surface area contributed by atoms with Gasteiger partial charge < -0.3 is 10.1 Å². The van der Waals surface area contributed by atoms with Crippen LogP contribution in [0.1, 0.15) is 46.0 Å². The maximum Gasteiger partial charge on any atom is 0.223 e. The van der Waals surface area contributed by atoms with Gasteiger partial charge in [-0.3, -0.25) is 4.79 Å². The van der Waals surface area contributed by atoms with Gasteiger partial charge in [0.25, 0.3) is 0 Å². The van der Waals surface area contributed by atoms with Crippen molar-refractivity contribution in [3.63, 3.8) is 0 Å². The van der Waals surface area contributed by atoms with Crippen molar-refractivity contribution in [3.05, 3.63) is 0 Å². The first-order valence-electron chi connectivity index (χ1n) is 6.88. The Bertz CT molecular complexity index is 269. The van der Waals surface area contributed by atoms with Crippen LogP contribution in [0.25, 0.3) is 0 Å². The molecule has 3 nitrogen and oxygen atoms in total. The lowest BCUT2D eigenvalue weighted by molar-refractivity contribution is -0.130. The number of halogens is 1. The van der Waals surface area contributed by atoms with Crippen molar-refractivity contribution < 1.29 is 9.53 Å². The number of hydrogen-bond donors (Lipinski definition) is 1. The Labute approximate surface area is 119 Å². The summed E-state index contributed by atoms with van der Waals surface area (Å²) in [5.74, 6) is 0.416. The molecule has 1 aliphatic carbocycles. The predicted octanol–water partition coefficient (Wildman–Crippen LogP) is 3.12. The Morgan fingerprint density at radius 1 is 1.50 bits per heavy atom. The molecule has 0 aromatic carbocycles. The Morgan fingerprint density at radius 3 is 2.83 bits per heavy atom. The SMILES string of the molecule is COCC(Br)CCNC(=O)C1CCCCC1(C)C. The summed E-state index contributed by atoms with van der Waals surface area (Å²) >= 11 is 3.53. The highest BCUT2D eigenvalue weighted by Gasteiger charge is 2.36. The van der Waals surface area contributed by atoms with E-state index in [2.05, 4.69) is 35.1 Å². The zero-order chi connectivity index (χ0) is 13.6. The molecule has 4 heteroatoms. The Kier molecular flexibility index (Phi) is 6.64. The lowest BCUT2D eigenvalue weighted by Gasteiger charge is -2.37. The minimum absolute atomic E-state index is 0.155. The third-order valence-electron chi connectivity index (χ3n) is 3.93. The molecule has 106 valence electrons. The number of amides is 1. The molecule has 2 unspecified atom stereocenters. The summed E-state index contributed by atoms with van der Waals surface area (Å²) in [7, 11) is 1.69. The predicted molar refractivity (Wildman–Crippen MR) is 78.0 cm³/mol. The molecule has 0 saturated heterocycles. The van der Waals surface area contributed by atoms with Crippen LogP contribution in [0.4, 0.5) is 0 Å². The fourth-order valence-electron chi connectivity index (χ4n) is 2.72. The third-order valence-corrected chi connectivity index (χ3v) is 4.65. The smallest absolute Gasteiger partial charge is 0.223 e. The summed E-state index contributed by atoms with van der Waals surface area (Å²) < 4.78 is 5.05. The van der Waals surface area contributed by atoms with Crippen LogP contribution in [0.3, 0.4) is 0 Å². The number of carbonyl (C=O) groups excluding carboxylic acids is 1. The highest BCUT2D eigenvalue weighted by molar-refractivity contribution is 9.09. The zero-order valence-corrected chi connectivity index (χ0v) is 13.4. The second-order valence-corrected chi connectivity index (χ2v) is 7.21. The van der Waals surface area contributed by atoms with Gasteiger partial charge in [-0.1, -0.05) is 42.6 Å². The molecule has 1 fully saturated rings. The highest BCUT2D eigenvalue weighted by atomic mass is 79.9. The van der Waals surface area contributed by atoms with Crippen molar-refractivity contribution >= 4 is 21.8 Å². The molecule has 2 atom stereocenters. The first-order valence-corrected chi connectivity index (χ1v) is 7.79. The summed E-state index contributed by atoms with van der Waals surface area (Å²) in [6.07, 6.45) is 5.55. The van der Waals surface area contributed by atoms with E-state index in [4.69, 9.17) is 4.74 Å². The van der Waals surface area contributed by atoms with E-state index in [9.17, 15) is 4.79 Å². The summed E-state index contributed by atoms with van der Waals surface area (Å²) in [5, 5.41) is 3.07. The summed E-state index contributed by atoms with van der Waals surface area (Å²) in [6.45, 7) is 5.85. The summed E-state index contributed by atoms with van der Waals surface area (Å²) in [6, 6.07) is 0. The van der Waals surface area contributed by atoms with E-state index in [1.54, 1.807) is 7.11 Å². The van der Waals surface area contributed by atoms with Crippen molar-refractivity contribution in [1.82, 2.24) is 5.32 Å². The average molecular weight is 320 g/mol. The van der Waals surface area contributed by atoms with Crippen LogP contribution in [0.2, 0.25) is 0 Å². The summed E-state index contributed by atoms with van der Waals surface area (Å²) in [4.78, 5) is 12.5. The first-order chi connectivity index (χ1) is 8.47. The van der Waals surface area contributed by atoms with Crippen molar-refractivity contribution in [1.29, 1.82) is 0 Å². The van der Waals surface area contributed by atoms with Crippen LogP contribution in [0.15, 0.2) is 0 Å². The number of carbonyl (C=O) groups is 1. The second-order valence-electron chi connectivity index (χ2n) is 5.92. The van der Waals surface area contributed by atoms with Gasteiger partial charge in [0.15, 0.2) is 0 Å². The largest absolute Gasteiger partial charge is 0.384 e. The van der Waals surface area contributed by atoms with E-state index in [-0.39, 0.29) is 17.2 Å². The van der Waals surface area contributed by atoms with Gasteiger partial charge in [0.1, 0.15) is 0 Å². The molecule has 1 saturated carbocycles. The van der Waals surface area contributed by atoms with Gasteiger partial charge in [0, 0.05) is 24.4 Å². The van der Waals surface area contributed by atoms with E-state index in [0.29, 0.717) is 11.4 Å². The minimum Gasteiger partial charge on any atom is -0.384 e. The normalized spacial score (nSPS) is 24.6. The number of nitrogens with one attached hydrogen (secondary N) is 1. The van der Waals surface area contributed by atoms with Crippen LogP contribution in [0, 0.1) is 11.3 Å². The molecule has 18 heavy (non-hydrogen) atoms. The van der Waals surface area contributed by atoms with Crippen molar-refractivity contribution in [2.45, 2.75) is 50.8 Å². The quantitative estimate of drug-likeness (QED) is 0.764. The molecule has 0 bridgehead atoms. The lowest BCUT2D eigenvalue weighted by atomic mass is 9.68. The molecule has 1 rings (SSSR count). The van der Waals surface area contributed by atoms with Gasteiger partial charge in [-0.2, -0.15) is 0 Å². The number of rotatable bonds is 6. The Hall–Kier alpha value is -0.0900. The van der Waals surface area contributed by atoms with E-state index in [1.807, 2.05) is 0 Å². The van der Waals surface area contributed by atoms with E-state index in [1.165, 1.54) is 12.8 Å². The lowest BCUT2D eigenvalue weighted by Crippen LogP contribution is -2.41. The molecule has 1 aliphatic rings. The Balaban J connectivity index is 2.31. The molecule has 1 amide bonds. The molecule has 0 aromatic rings. The van der Waals surface area contributed by atoms with Gasteiger partial charge >= 0.3 is 0 Å². The molecular weight excluding hydrogens is 294 g/mol. The van der Waals surface area contributed by atoms with Crippen LogP contribution in [-0.2, 0) is 9.53 Å². The number of methoxy groups -OCH3 is 1. The monoisotopic (exact) mass is 319 g/mol. The first kappa shape index (κ1) is 16.0. The van der Waals surface area contributed by atoms with Gasteiger partial charge in [0.05, 0.1) is 6.61 Å². The highest BCUT2D eigenvalue weighted by Crippen LogP contribution is 2.40. The van der Waals surface area contributed by atoms with Crippen LogP contribution >= 0.6 is 15.9 Å². The topological polar surface area (TPSA) is 38.3 Å². The van der Waals surface area contributed by atoms with Crippen molar-refractivity contribution in [2.24, 2.45) is 11.3 Å². The van der Waals surface area contributed by atoms with Gasteiger partial charge in [-0.15, -0.1) is 0 Å². The van der Waals surface area contributed by atoms with Crippen LogP contribution in [-0.4, -0.2) is 31.0 Å². The summed E-state index contributed by atoms with van der Waals surface area (Å²) in [5.41, 5.74) is 0.155. The zero-order valence-electron chi connectivity index (χ0n) is 11.8. The standard InChI is InChI=1S/C14H26BrNO2/c1-14(2)8-5-4-6-12(14)13(17)16-9-7-11(15)10-18-3/h11-12H,4-10H2,1-3H3,(H,16,17). The third kappa shape index (κ3) is 4.88. The average Bonchev–Trinajstić information content (AvgIpc) is 2.28. The molecule has 0 radical (unpaired) electrons. The van der Waals surface area contributed by atoms with Gasteiger partial charge in [-0.05, 0) is 24.7 Å². The molecule has 0 aromatic heterocycles. The Morgan fingerprint density at radius 2 is 2.22 bits per heavy atom. The van der Waals surface area contributed by atoms with Crippen LogP contribution in [0.5, 0.6) is 0 Å². The van der Waals surface area contributed by atoms with E-state index < -0.39 is 0 Å². The minimum atomic E-state index is 0.155. The number of alkyl halides is 1. The second kappa shape index (κ2) is 7.49. The molecule has 0 aliphatic heterocycles.